The lowest BCUT2D eigenvalue weighted by molar-refractivity contribution is -0.129. The lowest BCUT2D eigenvalue weighted by Crippen LogP contribution is -2.51. The molecule has 42 heavy (non-hydrogen) atoms. The molecular weight excluding hydrogens is 526 g/mol. The monoisotopic (exact) mass is 565 g/mol. The number of fused-ring (bicyclic) bond motifs is 9. The smallest absolute Gasteiger partial charge is 0.324 e. The quantitative estimate of drug-likeness (QED) is 0.451. The van der Waals surface area contributed by atoms with Crippen molar-refractivity contribution in [2.75, 3.05) is 46.3 Å². The summed E-state index contributed by atoms with van der Waals surface area (Å²) >= 11 is 0. The fourth-order valence-electron chi connectivity index (χ4n) is 7.36. The van der Waals surface area contributed by atoms with Crippen LogP contribution in [0.25, 0.3) is 28.2 Å². The number of hydrogen-bond acceptors (Lipinski definition) is 4. The fourth-order valence-corrected chi connectivity index (χ4v) is 7.36. The van der Waals surface area contributed by atoms with Crippen LogP contribution in [0.3, 0.4) is 0 Å². The Balaban J connectivity index is 1.45. The molecular formula is C34H39N5O3. The van der Waals surface area contributed by atoms with Crippen molar-refractivity contribution in [2.24, 2.45) is 0 Å². The standard InChI is InChI=1S/C34H39N5O3/c1-22-8-10-27-25(18-22)19-26-21-39-29-20-24(9-11-28(29)30(31(27)39)23-6-4-3-5-7-23)32(40)35-34(42)36(2)12-13-37-14-16-38(17-15-37)33(26)41/h8-11,18-20,23H,3-7,12-17,21H2,1-2H3,(H,35,40,42). The van der Waals surface area contributed by atoms with Gasteiger partial charge < -0.3 is 14.4 Å². The van der Waals surface area contributed by atoms with Gasteiger partial charge in [-0.15, -0.1) is 0 Å². The average molecular weight is 566 g/mol. The van der Waals surface area contributed by atoms with E-state index in [0.29, 0.717) is 44.2 Å². The minimum Gasteiger partial charge on any atom is -0.336 e. The molecule has 8 heteroatoms. The molecule has 1 aromatic heterocycles. The average Bonchev–Trinajstić information content (AvgIpc) is 3.22. The number of amides is 4. The molecule has 0 unspecified atom stereocenters. The molecule has 0 radical (unpaired) electrons. The number of rotatable bonds is 1. The summed E-state index contributed by atoms with van der Waals surface area (Å²) in [6, 6.07) is 12.0. The van der Waals surface area contributed by atoms with Crippen LogP contribution >= 0.6 is 0 Å². The van der Waals surface area contributed by atoms with Crippen LogP contribution in [-0.4, -0.2) is 83.4 Å². The van der Waals surface area contributed by atoms with Gasteiger partial charge in [0.05, 0.1) is 12.2 Å². The van der Waals surface area contributed by atoms with E-state index in [4.69, 9.17) is 0 Å². The van der Waals surface area contributed by atoms with Crippen LogP contribution in [0.5, 0.6) is 0 Å². The molecule has 3 aromatic rings. The number of aryl methyl sites for hydroxylation is 1. The minimum atomic E-state index is -0.406. The molecule has 5 aliphatic rings. The number of hydrogen-bond donors (Lipinski definition) is 1. The molecule has 218 valence electrons. The van der Waals surface area contributed by atoms with E-state index in [-0.39, 0.29) is 5.91 Å². The molecule has 4 aliphatic heterocycles. The van der Waals surface area contributed by atoms with Crippen LogP contribution in [0.1, 0.15) is 65.1 Å². The van der Waals surface area contributed by atoms with Crippen molar-refractivity contribution in [1.29, 1.82) is 0 Å². The van der Waals surface area contributed by atoms with Gasteiger partial charge in [0, 0.05) is 73.9 Å². The highest BCUT2D eigenvalue weighted by molar-refractivity contribution is 6.07. The fraction of sp³-hybridized carbons (Fsp3) is 0.441. The Morgan fingerprint density at radius 2 is 1.62 bits per heavy atom. The third kappa shape index (κ3) is 4.71. The number of carbonyl (C=O) groups excluding carboxylic acids is 3. The van der Waals surface area contributed by atoms with E-state index in [1.807, 2.05) is 17.0 Å². The molecule has 4 amide bonds. The first-order valence-corrected chi connectivity index (χ1v) is 15.4. The third-order valence-electron chi connectivity index (χ3n) is 9.75. The highest BCUT2D eigenvalue weighted by atomic mass is 16.2. The zero-order valence-corrected chi connectivity index (χ0v) is 24.6. The summed E-state index contributed by atoms with van der Waals surface area (Å²) in [7, 11) is 1.72. The van der Waals surface area contributed by atoms with Gasteiger partial charge in [-0.25, -0.2) is 4.79 Å². The van der Waals surface area contributed by atoms with Crippen LogP contribution in [0.15, 0.2) is 42.0 Å². The molecule has 1 saturated carbocycles. The number of nitrogens with zero attached hydrogens (tertiary/aromatic N) is 4. The van der Waals surface area contributed by atoms with Gasteiger partial charge in [0.25, 0.3) is 11.8 Å². The van der Waals surface area contributed by atoms with Crippen LogP contribution in [0.2, 0.25) is 0 Å². The number of imide groups is 1. The van der Waals surface area contributed by atoms with Crippen molar-refractivity contribution in [3.05, 3.63) is 64.2 Å². The van der Waals surface area contributed by atoms with Crippen LogP contribution < -0.4 is 5.32 Å². The second-order valence-electron chi connectivity index (χ2n) is 12.5. The Labute approximate surface area is 246 Å². The second kappa shape index (κ2) is 10.7. The molecule has 1 saturated heterocycles. The van der Waals surface area contributed by atoms with Crippen molar-refractivity contribution in [3.63, 3.8) is 0 Å². The molecule has 2 fully saturated rings. The third-order valence-corrected chi connectivity index (χ3v) is 9.75. The maximum Gasteiger partial charge on any atom is 0.324 e. The summed E-state index contributed by atoms with van der Waals surface area (Å²) in [5.41, 5.74) is 8.05. The SMILES string of the molecule is Cc1ccc2c(c1)C=C1Cn3c-2c(C2CCCCC2)c2ccc(cc23)C(=O)NC(=O)N(C)CCN2CCN(CC2)C1=O. The zero-order chi connectivity index (χ0) is 29.0. The van der Waals surface area contributed by atoms with E-state index in [1.165, 1.54) is 30.5 Å². The van der Waals surface area contributed by atoms with Gasteiger partial charge in [-0.3, -0.25) is 19.8 Å². The number of likely N-dealkylation sites (N-methyl/N-ethyl adjacent to an activating group) is 1. The number of benzene rings is 2. The van der Waals surface area contributed by atoms with Crippen molar-refractivity contribution in [1.82, 2.24) is 24.6 Å². The molecule has 8 rings (SSSR count). The van der Waals surface area contributed by atoms with Crippen molar-refractivity contribution < 1.29 is 14.4 Å². The van der Waals surface area contributed by atoms with Gasteiger partial charge in [-0.2, -0.15) is 0 Å². The normalized spacial score (nSPS) is 20.6. The summed E-state index contributed by atoms with van der Waals surface area (Å²) in [6.45, 7) is 6.57. The molecule has 2 aromatic carbocycles. The number of nitrogens with one attached hydrogen (secondary N) is 1. The van der Waals surface area contributed by atoms with Gasteiger partial charge in [0.2, 0.25) is 0 Å². The minimum absolute atomic E-state index is 0.0848. The molecule has 5 heterocycles. The zero-order valence-electron chi connectivity index (χ0n) is 24.6. The molecule has 6 bridgehead atoms. The Morgan fingerprint density at radius 3 is 2.40 bits per heavy atom. The van der Waals surface area contributed by atoms with Crippen molar-refractivity contribution >= 4 is 34.8 Å². The Morgan fingerprint density at radius 1 is 0.857 bits per heavy atom. The Bertz CT molecular complexity index is 1620. The lowest BCUT2D eigenvalue weighted by atomic mass is 9.81. The second-order valence-corrected chi connectivity index (χ2v) is 12.5. The first-order chi connectivity index (χ1) is 20.4. The molecule has 1 N–H and O–H groups in total. The Kier molecular flexibility index (Phi) is 6.89. The number of carbonyl (C=O) groups is 3. The molecule has 1 aliphatic carbocycles. The topological polar surface area (TPSA) is 77.9 Å². The highest BCUT2D eigenvalue weighted by Crippen LogP contribution is 2.46. The van der Waals surface area contributed by atoms with Gasteiger partial charge >= 0.3 is 6.03 Å². The van der Waals surface area contributed by atoms with E-state index >= 15 is 0 Å². The first-order valence-electron chi connectivity index (χ1n) is 15.4. The summed E-state index contributed by atoms with van der Waals surface area (Å²) in [6.07, 6.45) is 8.07. The van der Waals surface area contributed by atoms with E-state index in [1.54, 1.807) is 11.9 Å². The van der Waals surface area contributed by atoms with E-state index < -0.39 is 11.9 Å². The van der Waals surface area contributed by atoms with Gasteiger partial charge in [0.15, 0.2) is 0 Å². The largest absolute Gasteiger partial charge is 0.336 e. The maximum absolute atomic E-state index is 14.2. The van der Waals surface area contributed by atoms with E-state index in [0.717, 1.165) is 59.1 Å². The highest BCUT2D eigenvalue weighted by Gasteiger charge is 2.32. The molecule has 8 nitrogen and oxygen atoms in total. The number of aromatic nitrogens is 1. The van der Waals surface area contributed by atoms with Gasteiger partial charge in [0.1, 0.15) is 0 Å². The summed E-state index contributed by atoms with van der Waals surface area (Å²) in [4.78, 5) is 46.3. The van der Waals surface area contributed by atoms with Crippen LogP contribution in [0, 0.1) is 6.92 Å². The van der Waals surface area contributed by atoms with Crippen molar-refractivity contribution in [3.8, 4) is 11.3 Å². The predicted molar refractivity (Wildman–Crippen MR) is 164 cm³/mol. The predicted octanol–water partition coefficient (Wildman–Crippen LogP) is 5.00. The summed E-state index contributed by atoms with van der Waals surface area (Å²) in [5.74, 6) is 0.0999. The Hall–Kier alpha value is -3.91. The lowest BCUT2D eigenvalue weighted by Gasteiger charge is -2.35. The van der Waals surface area contributed by atoms with E-state index in [2.05, 4.69) is 52.0 Å². The van der Waals surface area contributed by atoms with Crippen LogP contribution in [-0.2, 0) is 11.3 Å². The molecule has 0 spiro atoms. The van der Waals surface area contributed by atoms with Crippen LogP contribution in [0.4, 0.5) is 4.79 Å². The maximum atomic E-state index is 14.2. The van der Waals surface area contributed by atoms with Gasteiger partial charge in [-0.1, -0.05) is 49.1 Å². The van der Waals surface area contributed by atoms with Crippen molar-refractivity contribution in [2.45, 2.75) is 51.5 Å². The summed E-state index contributed by atoms with van der Waals surface area (Å²) in [5, 5.41) is 3.75. The van der Waals surface area contributed by atoms with Gasteiger partial charge in [-0.05, 0) is 55.0 Å². The number of urea groups is 1. The summed E-state index contributed by atoms with van der Waals surface area (Å²) < 4.78 is 2.28. The molecule has 0 atom stereocenters. The first kappa shape index (κ1) is 27.0. The van der Waals surface area contributed by atoms with E-state index in [9.17, 15) is 14.4 Å². The number of piperazine rings is 1.